The zero-order valence-electron chi connectivity index (χ0n) is 62.9. The molecule has 0 unspecified atom stereocenters. The number of ketones is 1. The lowest BCUT2D eigenvalue weighted by Crippen LogP contribution is -2.62. The molecule has 4 rings (SSSR count). The Morgan fingerprint density at radius 3 is 1.70 bits per heavy atom. The van der Waals surface area contributed by atoms with Gasteiger partial charge in [-0.05, 0) is 69.3 Å². The summed E-state index contributed by atoms with van der Waals surface area (Å²) < 4.78 is 5.68. The van der Waals surface area contributed by atoms with Crippen LogP contribution < -0.4 is 86.3 Å². The van der Waals surface area contributed by atoms with E-state index in [1.807, 2.05) is 22.9 Å². The van der Waals surface area contributed by atoms with E-state index in [2.05, 4.69) is 58.2 Å². The molecule has 0 saturated carbocycles. The third-order valence-corrected chi connectivity index (χ3v) is 17.6. The average molecular weight is 1610 g/mol. The number of H-pyrrole nitrogens is 1. The Bertz CT molecular complexity index is 4020. The zero-order valence-corrected chi connectivity index (χ0v) is 62.9. The van der Waals surface area contributed by atoms with Crippen LogP contribution in [-0.4, -0.2) is 248 Å². The molecular formula is C71H99N17O26. The SMILES string of the molecule is CCCCCCCCC(=O)N[C@@H](Cc1c[nH]c2ccccc12)C(=O)N[C@H](CC(N)=O)C(=O)N[C@@H](CC(=O)O)C(=O)N[C@@H]1C(=O)NCC(=O)N[C@@H](CCCN)C(=O)N[C@@H](CC(=O)O)C(=O)N[C@H](C)C(=O)N[C@@H](CC(=O)O)C(=O)NCC(=O)N[C@H](CO)C(=O)N[C@@H]([C@H](C)CC(=O)O)C(=O)N[C@H](CC(=O)c2ccccc2N)C(=O)O[C@@H]1C. The molecule has 624 valence electrons. The first kappa shape index (κ1) is 93.7. The van der Waals surface area contributed by atoms with Crippen molar-refractivity contribution in [3.05, 3.63) is 65.9 Å². The number of carboxylic acids is 4. The van der Waals surface area contributed by atoms with Gasteiger partial charge in [0.15, 0.2) is 5.78 Å². The van der Waals surface area contributed by atoms with Gasteiger partial charge in [0.05, 0.1) is 51.8 Å². The van der Waals surface area contributed by atoms with Crippen molar-refractivity contribution in [2.24, 2.45) is 17.4 Å². The number of aliphatic carboxylic acids is 4. The fraction of sp³-hybridized carbons (Fsp3) is 0.521. The molecule has 2 heterocycles. The van der Waals surface area contributed by atoms with Gasteiger partial charge < -0.3 is 122 Å². The monoisotopic (exact) mass is 1610 g/mol. The Labute approximate surface area is 651 Å². The minimum Gasteiger partial charge on any atom is -0.481 e. The highest BCUT2D eigenvalue weighted by atomic mass is 16.5. The molecule has 2 aromatic carbocycles. The number of nitrogen functional groups attached to an aromatic ring is 1. The van der Waals surface area contributed by atoms with Crippen molar-refractivity contribution in [3.8, 4) is 0 Å². The van der Waals surface area contributed by atoms with E-state index in [0.29, 0.717) is 29.3 Å². The van der Waals surface area contributed by atoms with E-state index >= 15 is 0 Å². The number of ether oxygens (including phenoxy) is 1. The van der Waals surface area contributed by atoms with E-state index in [1.165, 1.54) is 24.3 Å². The molecule has 0 bridgehead atoms. The number of carbonyl (C=O) groups is 20. The number of primary amides is 1. The number of aliphatic hydroxyl groups excluding tert-OH is 1. The molecule has 0 radical (unpaired) electrons. The van der Waals surface area contributed by atoms with Gasteiger partial charge in [-0.15, -0.1) is 0 Å². The summed E-state index contributed by atoms with van der Waals surface area (Å²) in [5.41, 5.74) is 18.1. The van der Waals surface area contributed by atoms with Gasteiger partial charge in [-0.1, -0.05) is 76.3 Å². The third-order valence-electron chi connectivity index (χ3n) is 17.6. The largest absolute Gasteiger partial charge is 0.481 e. The van der Waals surface area contributed by atoms with Gasteiger partial charge in [0.2, 0.25) is 82.7 Å². The van der Waals surface area contributed by atoms with Crippen LogP contribution in [-0.2, 0) is 102 Å². The van der Waals surface area contributed by atoms with Gasteiger partial charge >= 0.3 is 29.8 Å². The van der Waals surface area contributed by atoms with Crippen molar-refractivity contribution in [1.82, 2.24) is 74.1 Å². The van der Waals surface area contributed by atoms with Crippen LogP contribution in [0.3, 0.4) is 0 Å². The Morgan fingerprint density at radius 1 is 0.553 bits per heavy atom. The number of para-hydroxylation sites is 2. The van der Waals surface area contributed by atoms with Crippen LogP contribution in [0.25, 0.3) is 10.9 Å². The summed E-state index contributed by atoms with van der Waals surface area (Å²) in [7, 11) is 0. The number of aromatic nitrogens is 1. The standard InChI is InChI=1S/C71H99N17O26/c1-5-6-7-8-9-10-21-52(92)80-43(24-37-30-75-41-19-14-12-16-38(37)41)65(107)83-44(26-51(74)91)66(108)85-47(29-58(101)102)67(109)88-60-36(4)114-71(113)48(25-50(90)39-17-11-13-18-40(39)73)86-70(112)59(34(2)23-55(95)96)87-68(110)49(33-89)81-54(94)31-76-62(104)45(27-56(97)98)82-61(103)35(3)78-64(106)46(28-57(99)100)84-63(105)42(20-15-22-72)79-53(93)32-77-69(60)111/h11-14,16-19,30,34-36,42-49,59-60,75,89H,5-10,15,20-29,31-33,72-73H2,1-4H3,(H2,74,91)(H,76,104)(H,77,111)(H,78,106)(H,79,93)(H,80,92)(H,81,94)(H,82,103)(H,83,107)(H,84,105)(H,85,108)(H,86,112)(H,87,110)(H,88,109)(H,95,96)(H,97,98)(H,99,100)(H,101,102)/t34-,35-,36-,42+,43+,44-,45+,46+,47+,48-,49-,59+,60+/m1/s1. The fourth-order valence-electron chi connectivity index (χ4n) is 11.6. The maximum absolute atomic E-state index is 14.8. The molecule has 1 fully saturated rings. The molecule has 1 aliphatic rings. The van der Waals surface area contributed by atoms with Crippen molar-refractivity contribution in [1.29, 1.82) is 0 Å². The highest BCUT2D eigenvalue weighted by molar-refractivity contribution is 6.05. The number of benzene rings is 2. The maximum atomic E-state index is 14.8. The van der Waals surface area contributed by atoms with Crippen molar-refractivity contribution in [3.63, 3.8) is 0 Å². The quantitative estimate of drug-likeness (QED) is 0.0115. The van der Waals surface area contributed by atoms with Gasteiger partial charge in [-0.2, -0.15) is 0 Å². The smallest absolute Gasteiger partial charge is 0.329 e. The maximum Gasteiger partial charge on any atom is 0.329 e. The van der Waals surface area contributed by atoms with Crippen LogP contribution in [0.15, 0.2) is 54.7 Å². The minimum absolute atomic E-state index is 0.0202. The summed E-state index contributed by atoms with van der Waals surface area (Å²) in [5.74, 6) is -29.7. The average Bonchev–Trinajstić information content (AvgIpc) is 1.76. The number of anilines is 1. The first-order valence-corrected chi connectivity index (χ1v) is 36.3. The first-order chi connectivity index (χ1) is 53.9. The molecule has 1 saturated heterocycles. The summed E-state index contributed by atoms with van der Waals surface area (Å²) in [5, 5.41) is 78.6. The first-order valence-electron chi connectivity index (χ1n) is 36.3. The van der Waals surface area contributed by atoms with Crippen molar-refractivity contribution >= 4 is 135 Å². The molecule has 14 amide bonds. The van der Waals surface area contributed by atoms with Crippen LogP contribution >= 0.6 is 0 Å². The molecule has 43 nitrogen and oxygen atoms in total. The predicted molar refractivity (Wildman–Crippen MR) is 396 cm³/mol. The number of rotatable bonds is 34. The summed E-state index contributed by atoms with van der Waals surface area (Å²) in [6, 6.07) is -10.5. The summed E-state index contributed by atoms with van der Waals surface area (Å²) >= 11 is 0. The van der Waals surface area contributed by atoms with E-state index in [1.54, 1.807) is 30.5 Å². The van der Waals surface area contributed by atoms with Crippen molar-refractivity contribution < 1.29 is 126 Å². The number of aliphatic hydroxyl groups is 1. The molecule has 0 aliphatic carbocycles. The van der Waals surface area contributed by atoms with Gasteiger partial charge in [0.1, 0.15) is 72.6 Å². The van der Waals surface area contributed by atoms with E-state index in [0.717, 1.165) is 46.5 Å². The summed E-state index contributed by atoms with van der Waals surface area (Å²) in [6.07, 6.45) is -3.47. The number of unbranched alkanes of at least 4 members (excludes halogenated alkanes) is 5. The normalized spacial score (nSPS) is 21.3. The second-order valence-electron chi connectivity index (χ2n) is 26.9. The number of fused-ring (bicyclic) bond motifs is 1. The molecule has 1 aliphatic heterocycles. The lowest BCUT2D eigenvalue weighted by atomic mass is 9.96. The molecule has 25 N–H and O–H groups in total. The van der Waals surface area contributed by atoms with Gasteiger partial charge in [0.25, 0.3) is 0 Å². The van der Waals surface area contributed by atoms with E-state index in [4.69, 9.17) is 21.9 Å². The lowest BCUT2D eigenvalue weighted by molar-refractivity contribution is -0.156. The molecule has 0 spiro atoms. The number of esters is 1. The molecular weight excluding hydrogens is 1510 g/mol. The number of nitrogens with one attached hydrogen (secondary N) is 14. The van der Waals surface area contributed by atoms with Crippen molar-refractivity contribution in [2.75, 3.05) is 32.0 Å². The number of aromatic amines is 1. The number of cyclic esters (lactones) is 1. The van der Waals surface area contributed by atoms with Crippen LogP contribution in [0.5, 0.6) is 0 Å². The third kappa shape index (κ3) is 31.6. The Balaban J connectivity index is 1.88. The predicted octanol–water partition coefficient (Wildman–Crippen LogP) is -6.01. The topological polar surface area (TPSA) is 702 Å². The number of Topliss-reactive ketones (excluding diaryl/α,β-unsaturated/α-hetero) is 1. The highest BCUT2D eigenvalue weighted by Gasteiger charge is 2.41. The zero-order chi connectivity index (χ0) is 85.1. The highest BCUT2D eigenvalue weighted by Crippen LogP contribution is 2.21. The molecule has 114 heavy (non-hydrogen) atoms. The second kappa shape index (κ2) is 46.8. The molecule has 3 aromatic rings. The van der Waals surface area contributed by atoms with Crippen LogP contribution in [0, 0.1) is 5.92 Å². The van der Waals surface area contributed by atoms with E-state index in [9.17, 15) is 121 Å². The molecule has 43 heteroatoms. The number of hydrogen-bond acceptors (Lipinski definition) is 24. The Hall–Kier alpha value is -12.7. The number of amides is 14. The number of hydrogen-bond donors (Lipinski definition) is 22. The number of carboxylic acid groups (broad SMARTS) is 4. The Morgan fingerprint density at radius 2 is 1.10 bits per heavy atom. The Kier molecular flexibility index (Phi) is 38.5. The van der Waals surface area contributed by atoms with Gasteiger partial charge in [-0.25, -0.2) is 4.79 Å². The minimum atomic E-state index is -2.45. The summed E-state index contributed by atoms with van der Waals surface area (Å²) in [4.78, 5) is 276. The van der Waals surface area contributed by atoms with Crippen LogP contribution in [0.2, 0.25) is 0 Å². The lowest BCUT2D eigenvalue weighted by Gasteiger charge is -2.30. The molecule has 13 atom stereocenters. The number of nitrogens with two attached hydrogens (primary N) is 3. The fourth-order valence-corrected chi connectivity index (χ4v) is 11.6. The van der Waals surface area contributed by atoms with Crippen LogP contribution in [0.1, 0.15) is 140 Å². The second-order valence-corrected chi connectivity index (χ2v) is 26.9. The summed E-state index contributed by atoms with van der Waals surface area (Å²) in [6.45, 7) is 1.08. The van der Waals surface area contributed by atoms with E-state index in [-0.39, 0.29) is 37.1 Å². The van der Waals surface area contributed by atoms with Crippen LogP contribution in [0.4, 0.5) is 5.69 Å². The number of carbonyl (C=O) groups excluding carboxylic acids is 16. The van der Waals surface area contributed by atoms with Gasteiger partial charge in [-0.3, -0.25) is 91.1 Å². The van der Waals surface area contributed by atoms with Crippen molar-refractivity contribution in [2.45, 2.75) is 203 Å². The van der Waals surface area contributed by atoms with E-state index < -0.39 is 261 Å². The van der Waals surface area contributed by atoms with Gasteiger partial charge in [0, 0.05) is 47.6 Å². The molecule has 1 aromatic heterocycles.